The maximum Gasteiger partial charge on any atom is 0.220 e. The van der Waals surface area contributed by atoms with Crippen LogP contribution < -0.4 is 5.32 Å². The van der Waals surface area contributed by atoms with Crippen LogP contribution in [0.3, 0.4) is 0 Å². The van der Waals surface area contributed by atoms with E-state index in [0.29, 0.717) is 49.5 Å². The van der Waals surface area contributed by atoms with Gasteiger partial charge in [-0.2, -0.15) is 11.8 Å². The number of hydrogen-bond donors (Lipinski definition) is 1. The molecular weight excluding hydrogens is 382 g/mol. The fourth-order valence-electron chi connectivity index (χ4n) is 4.63. The average Bonchev–Trinajstić information content (AvgIpc) is 3.24. The highest BCUT2D eigenvalue weighted by Gasteiger charge is 2.54. The summed E-state index contributed by atoms with van der Waals surface area (Å²) in [5.74, 6) is 3.47. The predicted molar refractivity (Wildman–Crippen MR) is 126 cm³/mol. The predicted octanol–water partition coefficient (Wildman–Crippen LogP) is 5.69. The Balaban J connectivity index is 0.00000204. The lowest BCUT2D eigenvalue weighted by Crippen LogP contribution is -2.32. The van der Waals surface area contributed by atoms with Gasteiger partial charge < -0.3 is 14.8 Å². The number of nitrogens with one attached hydrogen (secondary N) is 1. The zero-order valence-corrected chi connectivity index (χ0v) is 20.6. The van der Waals surface area contributed by atoms with Gasteiger partial charge in [0.2, 0.25) is 5.91 Å². The molecule has 0 saturated heterocycles. The SMILES string of the molecule is CC.CCCSCC12CCC(CC(=O)NCCOCCOCCC(C)C)(CC1)C2. The highest BCUT2D eigenvalue weighted by atomic mass is 32.2. The van der Waals surface area contributed by atoms with Crippen molar-refractivity contribution in [1.82, 2.24) is 5.32 Å². The smallest absolute Gasteiger partial charge is 0.220 e. The van der Waals surface area contributed by atoms with Crippen LogP contribution in [0.4, 0.5) is 0 Å². The quantitative estimate of drug-likeness (QED) is 0.340. The van der Waals surface area contributed by atoms with Crippen molar-refractivity contribution in [3.05, 3.63) is 0 Å². The van der Waals surface area contributed by atoms with Crippen LogP contribution in [0.2, 0.25) is 0 Å². The molecule has 5 heteroatoms. The summed E-state index contributed by atoms with van der Waals surface area (Å²) in [6, 6.07) is 0. The molecule has 0 radical (unpaired) electrons. The molecule has 0 aromatic rings. The van der Waals surface area contributed by atoms with Gasteiger partial charge in [0.05, 0.1) is 19.8 Å². The Morgan fingerprint density at radius 1 is 1.00 bits per heavy atom. The molecule has 1 amide bonds. The molecular formula is C24H47NO3S. The molecule has 0 atom stereocenters. The molecule has 2 aliphatic carbocycles. The van der Waals surface area contributed by atoms with Crippen LogP contribution in [-0.4, -0.2) is 50.4 Å². The van der Waals surface area contributed by atoms with E-state index in [2.05, 4.69) is 37.8 Å². The maximum atomic E-state index is 12.4. The summed E-state index contributed by atoms with van der Waals surface area (Å²) in [6.07, 6.45) is 9.50. The normalized spacial score (nSPS) is 25.2. The van der Waals surface area contributed by atoms with Gasteiger partial charge in [-0.05, 0) is 73.2 Å². The second-order valence-electron chi connectivity index (χ2n) is 9.16. The fourth-order valence-corrected chi connectivity index (χ4v) is 5.89. The Morgan fingerprint density at radius 3 is 2.24 bits per heavy atom. The summed E-state index contributed by atoms with van der Waals surface area (Å²) in [6.45, 7) is 13.9. The lowest BCUT2D eigenvalue weighted by atomic mass is 9.80. The summed E-state index contributed by atoms with van der Waals surface area (Å²) >= 11 is 2.12. The van der Waals surface area contributed by atoms with Crippen molar-refractivity contribution >= 4 is 17.7 Å². The average molecular weight is 430 g/mol. The van der Waals surface area contributed by atoms with Gasteiger partial charge in [0, 0.05) is 19.6 Å². The van der Waals surface area contributed by atoms with Crippen LogP contribution >= 0.6 is 11.8 Å². The first-order chi connectivity index (χ1) is 14.0. The highest BCUT2D eigenvalue weighted by molar-refractivity contribution is 7.99. The molecule has 0 aliphatic heterocycles. The fraction of sp³-hybridized carbons (Fsp3) is 0.958. The molecule has 0 unspecified atom stereocenters. The first-order valence-corrected chi connectivity index (χ1v) is 13.1. The molecule has 2 fully saturated rings. The van der Waals surface area contributed by atoms with Gasteiger partial charge in [-0.1, -0.05) is 34.6 Å². The van der Waals surface area contributed by atoms with Crippen LogP contribution in [0.25, 0.3) is 0 Å². The van der Waals surface area contributed by atoms with Crippen molar-refractivity contribution < 1.29 is 14.3 Å². The second kappa shape index (κ2) is 14.7. The van der Waals surface area contributed by atoms with Crippen molar-refractivity contribution in [3.8, 4) is 0 Å². The number of rotatable bonds is 15. The van der Waals surface area contributed by atoms with Crippen LogP contribution in [0.5, 0.6) is 0 Å². The summed E-state index contributed by atoms with van der Waals surface area (Å²) in [7, 11) is 0. The maximum absolute atomic E-state index is 12.4. The van der Waals surface area contributed by atoms with E-state index in [1.807, 2.05) is 13.8 Å². The van der Waals surface area contributed by atoms with Crippen LogP contribution in [0, 0.1) is 16.7 Å². The Hall–Kier alpha value is -0.260. The molecule has 2 saturated carbocycles. The van der Waals surface area contributed by atoms with E-state index in [1.54, 1.807) is 0 Å². The minimum Gasteiger partial charge on any atom is -0.379 e. The largest absolute Gasteiger partial charge is 0.379 e. The molecule has 172 valence electrons. The van der Waals surface area contributed by atoms with Crippen molar-refractivity contribution in [3.63, 3.8) is 0 Å². The Bertz CT molecular complexity index is 434. The first-order valence-electron chi connectivity index (χ1n) is 12.0. The Labute approximate surface area is 184 Å². The van der Waals surface area contributed by atoms with E-state index < -0.39 is 0 Å². The van der Waals surface area contributed by atoms with E-state index in [-0.39, 0.29) is 5.91 Å². The zero-order valence-electron chi connectivity index (χ0n) is 19.8. The standard InChI is InChI=1S/C22H41NO3S.C2H6/c1-4-15-27-18-22-8-6-21(17-22,7-9-22)16-20(24)23-10-12-26-14-13-25-11-5-19(2)3;1-2/h19H,4-18H2,1-3H3,(H,23,24);1-2H3. The van der Waals surface area contributed by atoms with Gasteiger partial charge in [0.1, 0.15) is 0 Å². The molecule has 0 aromatic carbocycles. The van der Waals surface area contributed by atoms with E-state index in [0.717, 1.165) is 13.0 Å². The van der Waals surface area contributed by atoms with Gasteiger partial charge in [-0.25, -0.2) is 0 Å². The van der Waals surface area contributed by atoms with Crippen molar-refractivity contribution in [2.75, 3.05) is 44.5 Å². The van der Waals surface area contributed by atoms with Crippen LogP contribution in [0.1, 0.15) is 86.0 Å². The third kappa shape index (κ3) is 10.1. The van der Waals surface area contributed by atoms with Gasteiger partial charge in [-0.15, -0.1) is 0 Å². The van der Waals surface area contributed by atoms with E-state index in [4.69, 9.17) is 9.47 Å². The molecule has 0 aromatic heterocycles. The Kier molecular flexibility index (Phi) is 13.6. The minimum absolute atomic E-state index is 0.214. The van der Waals surface area contributed by atoms with E-state index >= 15 is 0 Å². The number of carbonyl (C=O) groups is 1. The Morgan fingerprint density at radius 2 is 1.62 bits per heavy atom. The summed E-state index contributed by atoms with van der Waals surface area (Å²) in [5.41, 5.74) is 0.834. The van der Waals surface area contributed by atoms with E-state index in [9.17, 15) is 4.79 Å². The number of thioether (sulfide) groups is 1. The number of fused-ring (bicyclic) bond motifs is 2. The number of carbonyl (C=O) groups excluding carboxylic acids is 1. The molecule has 4 nitrogen and oxygen atoms in total. The van der Waals surface area contributed by atoms with Crippen molar-refractivity contribution in [2.45, 2.75) is 86.0 Å². The van der Waals surface area contributed by atoms with Gasteiger partial charge in [0.25, 0.3) is 0 Å². The van der Waals surface area contributed by atoms with Crippen molar-refractivity contribution in [1.29, 1.82) is 0 Å². The molecule has 2 bridgehead atoms. The first kappa shape index (κ1) is 26.8. The summed E-state index contributed by atoms with van der Waals surface area (Å²) < 4.78 is 11.1. The molecule has 0 heterocycles. The lowest BCUT2D eigenvalue weighted by molar-refractivity contribution is -0.123. The van der Waals surface area contributed by atoms with E-state index in [1.165, 1.54) is 50.0 Å². The number of hydrogen-bond acceptors (Lipinski definition) is 4. The second-order valence-corrected chi connectivity index (χ2v) is 10.3. The third-order valence-electron chi connectivity index (χ3n) is 6.19. The molecule has 1 N–H and O–H groups in total. The summed E-state index contributed by atoms with van der Waals surface area (Å²) in [5, 5.41) is 3.06. The topological polar surface area (TPSA) is 47.6 Å². The third-order valence-corrected chi connectivity index (χ3v) is 7.71. The van der Waals surface area contributed by atoms with Gasteiger partial charge in [-0.3, -0.25) is 4.79 Å². The number of ether oxygens (including phenoxy) is 2. The molecule has 2 rings (SSSR count). The molecule has 29 heavy (non-hydrogen) atoms. The van der Waals surface area contributed by atoms with Crippen LogP contribution in [-0.2, 0) is 14.3 Å². The molecule has 2 aliphatic rings. The lowest BCUT2D eigenvalue weighted by Gasteiger charge is -2.27. The number of amides is 1. The van der Waals surface area contributed by atoms with Gasteiger partial charge in [0.15, 0.2) is 0 Å². The minimum atomic E-state index is 0.214. The van der Waals surface area contributed by atoms with Crippen molar-refractivity contribution in [2.24, 2.45) is 16.7 Å². The summed E-state index contributed by atoms with van der Waals surface area (Å²) in [4.78, 5) is 12.4. The highest BCUT2D eigenvalue weighted by Crippen LogP contribution is 2.63. The van der Waals surface area contributed by atoms with Gasteiger partial charge >= 0.3 is 0 Å². The molecule has 0 spiro atoms. The monoisotopic (exact) mass is 429 g/mol. The van der Waals surface area contributed by atoms with Crippen LogP contribution in [0.15, 0.2) is 0 Å². The zero-order chi connectivity index (χ0) is 21.6.